The number of carbonyl (C=O) groups excluding carboxylic acids is 1. The number of amides is 1. The first-order chi connectivity index (χ1) is 15.7. The lowest BCUT2D eigenvalue weighted by atomic mass is 10.1. The molecule has 0 aliphatic heterocycles. The number of hydrogen-bond donors (Lipinski definition) is 2. The van der Waals surface area contributed by atoms with Gasteiger partial charge in [-0.05, 0) is 48.0 Å². The second-order valence-electron chi connectivity index (χ2n) is 6.66. The molecule has 11 heteroatoms. The summed E-state index contributed by atoms with van der Waals surface area (Å²) in [7, 11) is -2.68. The molecule has 0 bridgehead atoms. The van der Waals surface area contributed by atoms with Crippen molar-refractivity contribution in [2.75, 3.05) is 11.8 Å². The molecule has 0 saturated heterocycles. The number of nitrogens with one attached hydrogen (secondary N) is 2. The molecule has 0 aromatic heterocycles. The molecule has 0 fully saturated rings. The summed E-state index contributed by atoms with van der Waals surface area (Å²) in [6.07, 6.45) is 0. The number of hydrogen-bond acceptors (Lipinski definition) is 5. The monoisotopic (exact) mass is 496 g/mol. The molecule has 3 aromatic rings. The van der Waals surface area contributed by atoms with Gasteiger partial charge in [-0.15, -0.1) is 0 Å². The third-order valence-corrected chi connectivity index (χ3v) is 6.11. The summed E-state index contributed by atoms with van der Waals surface area (Å²) < 4.78 is 62.1. The molecule has 0 aliphatic rings. The molecule has 0 spiro atoms. The van der Waals surface area contributed by atoms with E-state index in [1.54, 1.807) is 18.2 Å². The first kappa shape index (κ1) is 24.3. The highest BCUT2D eigenvalue weighted by molar-refractivity contribution is 7.92. The van der Waals surface area contributed by atoms with Crippen LogP contribution in [0.2, 0.25) is 5.02 Å². The van der Waals surface area contributed by atoms with Crippen molar-refractivity contribution in [3.63, 3.8) is 0 Å². The van der Waals surface area contributed by atoms with E-state index in [1.807, 2.05) is 0 Å². The maximum atomic E-state index is 12.7. The Balaban J connectivity index is 1.71. The number of methoxy groups -OCH3 is 1. The van der Waals surface area contributed by atoms with Gasteiger partial charge in [-0.1, -0.05) is 35.9 Å². The highest BCUT2D eigenvalue weighted by Gasteiger charge is 2.18. The summed E-state index contributed by atoms with van der Waals surface area (Å²) >= 11 is 6.01. The van der Waals surface area contributed by atoms with Gasteiger partial charge in [-0.3, -0.25) is 9.52 Å². The van der Waals surface area contributed by atoms with E-state index in [0.717, 1.165) is 0 Å². The Labute approximate surface area is 194 Å². The highest BCUT2D eigenvalue weighted by atomic mass is 35.5. The minimum atomic E-state index is -3.99. The fraction of sp³-hybridized carbons (Fsp3) is 0.136. The van der Waals surface area contributed by atoms with Crippen molar-refractivity contribution in [1.82, 2.24) is 5.32 Å². The van der Waals surface area contributed by atoms with Gasteiger partial charge in [-0.2, -0.15) is 8.78 Å². The maximum absolute atomic E-state index is 12.7. The van der Waals surface area contributed by atoms with E-state index in [9.17, 15) is 22.0 Å². The van der Waals surface area contributed by atoms with Gasteiger partial charge < -0.3 is 14.8 Å². The topological polar surface area (TPSA) is 93.7 Å². The number of anilines is 1. The second-order valence-corrected chi connectivity index (χ2v) is 8.75. The Bertz CT molecular complexity index is 1260. The quantitative estimate of drug-likeness (QED) is 0.448. The summed E-state index contributed by atoms with van der Waals surface area (Å²) in [4.78, 5) is 12.5. The molecule has 33 heavy (non-hydrogen) atoms. The zero-order valence-corrected chi connectivity index (χ0v) is 18.8. The van der Waals surface area contributed by atoms with Gasteiger partial charge in [0.05, 0.1) is 22.7 Å². The molecular formula is C22H19ClF2N2O5S. The van der Waals surface area contributed by atoms with Crippen LogP contribution in [0.25, 0.3) is 0 Å². The molecule has 0 unspecified atom stereocenters. The Morgan fingerprint density at radius 1 is 1.03 bits per heavy atom. The largest absolute Gasteiger partial charge is 0.493 e. The van der Waals surface area contributed by atoms with Gasteiger partial charge in [0.15, 0.2) is 11.5 Å². The van der Waals surface area contributed by atoms with E-state index in [-0.39, 0.29) is 39.2 Å². The van der Waals surface area contributed by atoms with Crippen LogP contribution in [-0.4, -0.2) is 28.0 Å². The Hall–Kier alpha value is -3.37. The second kappa shape index (κ2) is 10.5. The van der Waals surface area contributed by atoms with Crippen LogP contribution < -0.4 is 19.5 Å². The van der Waals surface area contributed by atoms with Crippen molar-refractivity contribution in [3.8, 4) is 11.5 Å². The lowest BCUT2D eigenvalue weighted by Crippen LogP contribution is -2.23. The summed E-state index contributed by atoms with van der Waals surface area (Å²) in [5, 5.41) is 2.88. The standard InChI is InChI=1S/C22H19ClF2N2O5S/c1-31-20-11-14(9-10-19(20)32-22(24)25)13-26-21(28)15-5-4-6-16(12-15)33(29,30)27-18-8-3-2-7-17(18)23/h2-12,22,27H,13H2,1H3,(H,26,28). The Morgan fingerprint density at radius 3 is 2.48 bits per heavy atom. The van der Waals surface area contributed by atoms with Crippen LogP contribution in [0.4, 0.5) is 14.5 Å². The van der Waals surface area contributed by atoms with Gasteiger partial charge in [0.25, 0.3) is 15.9 Å². The molecule has 174 valence electrons. The van der Waals surface area contributed by atoms with E-state index in [4.69, 9.17) is 16.3 Å². The van der Waals surface area contributed by atoms with E-state index in [0.29, 0.717) is 5.56 Å². The van der Waals surface area contributed by atoms with Crippen LogP contribution >= 0.6 is 11.6 Å². The number of carbonyl (C=O) groups is 1. The minimum absolute atomic E-state index is 0.0407. The highest BCUT2D eigenvalue weighted by Crippen LogP contribution is 2.29. The van der Waals surface area contributed by atoms with Crippen LogP contribution in [0.15, 0.2) is 71.6 Å². The normalized spacial score (nSPS) is 11.2. The molecule has 0 radical (unpaired) electrons. The third kappa shape index (κ3) is 6.33. The van der Waals surface area contributed by atoms with Crippen molar-refractivity contribution >= 4 is 33.2 Å². The molecular weight excluding hydrogens is 478 g/mol. The summed E-state index contributed by atoms with van der Waals surface area (Å²) in [6, 6.07) is 16.1. The van der Waals surface area contributed by atoms with E-state index in [1.165, 1.54) is 55.6 Å². The molecule has 0 heterocycles. The Kier molecular flexibility index (Phi) is 7.72. The summed E-state index contributed by atoms with van der Waals surface area (Å²) in [5.41, 5.74) is 0.884. The number of benzene rings is 3. The zero-order chi connectivity index (χ0) is 24.0. The van der Waals surface area contributed by atoms with Gasteiger partial charge in [0, 0.05) is 12.1 Å². The molecule has 0 saturated carbocycles. The minimum Gasteiger partial charge on any atom is -0.493 e. The van der Waals surface area contributed by atoms with Crippen LogP contribution in [0, 0.1) is 0 Å². The van der Waals surface area contributed by atoms with E-state index >= 15 is 0 Å². The zero-order valence-electron chi connectivity index (χ0n) is 17.2. The van der Waals surface area contributed by atoms with Crippen molar-refractivity contribution < 1.29 is 31.5 Å². The molecule has 0 aliphatic carbocycles. The number of halogens is 3. The molecule has 7 nitrogen and oxygen atoms in total. The van der Waals surface area contributed by atoms with Gasteiger partial charge in [-0.25, -0.2) is 8.42 Å². The van der Waals surface area contributed by atoms with Crippen molar-refractivity contribution in [2.45, 2.75) is 18.1 Å². The predicted octanol–water partition coefficient (Wildman–Crippen LogP) is 4.68. The van der Waals surface area contributed by atoms with Crippen LogP contribution in [0.1, 0.15) is 15.9 Å². The Morgan fingerprint density at radius 2 is 1.79 bits per heavy atom. The number of rotatable bonds is 9. The van der Waals surface area contributed by atoms with Crippen molar-refractivity contribution in [2.24, 2.45) is 0 Å². The fourth-order valence-corrected chi connectivity index (χ4v) is 4.22. The van der Waals surface area contributed by atoms with Crippen molar-refractivity contribution in [3.05, 3.63) is 82.9 Å². The first-order valence-corrected chi connectivity index (χ1v) is 11.3. The molecule has 1 amide bonds. The maximum Gasteiger partial charge on any atom is 0.387 e. The molecule has 3 aromatic carbocycles. The fourth-order valence-electron chi connectivity index (χ4n) is 2.85. The average Bonchev–Trinajstić information content (AvgIpc) is 2.79. The lowest BCUT2D eigenvalue weighted by Gasteiger charge is -2.12. The molecule has 0 atom stereocenters. The van der Waals surface area contributed by atoms with Gasteiger partial charge in [0.1, 0.15) is 0 Å². The van der Waals surface area contributed by atoms with Gasteiger partial charge >= 0.3 is 6.61 Å². The van der Waals surface area contributed by atoms with Crippen molar-refractivity contribution in [1.29, 1.82) is 0 Å². The summed E-state index contributed by atoms with van der Waals surface area (Å²) in [5.74, 6) is -0.580. The number of ether oxygens (including phenoxy) is 2. The number of para-hydroxylation sites is 1. The van der Waals surface area contributed by atoms with Gasteiger partial charge in [0.2, 0.25) is 0 Å². The predicted molar refractivity (Wildman–Crippen MR) is 119 cm³/mol. The number of sulfonamides is 1. The van der Waals surface area contributed by atoms with Crippen LogP contribution in [0.3, 0.4) is 0 Å². The third-order valence-electron chi connectivity index (χ3n) is 4.42. The molecule has 2 N–H and O–H groups in total. The summed E-state index contributed by atoms with van der Waals surface area (Å²) in [6.45, 7) is -2.96. The smallest absolute Gasteiger partial charge is 0.387 e. The van der Waals surface area contributed by atoms with E-state index < -0.39 is 22.5 Å². The van der Waals surface area contributed by atoms with Crippen LogP contribution in [0.5, 0.6) is 11.5 Å². The van der Waals surface area contributed by atoms with E-state index in [2.05, 4.69) is 14.8 Å². The average molecular weight is 497 g/mol. The number of alkyl halides is 2. The first-order valence-electron chi connectivity index (χ1n) is 9.47. The molecule has 3 rings (SSSR count). The van der Waals surface area contributed by atoms with Crippen LogP contribution in [-0.2, 0) is 16.6 Å². The lowest BCUT2D eigenvalue weighted by molar-refractivity contribution is -0.0512. The SMILES string of the molecule is COc1cc(CNC(=O)c2cccc(S(=O)(=O)Nc3ccccc3Cl)c2)ccc1OC(F)F.